The maximum absolute atomic E-state index is 13.1. The molecule has 1 amide bonds. The summed E-state index contributed by atoms with van der Waals surface area (Å²) in [7, 11) is 0. The van der Waals surface area contributed by atoms with Gasteiger partial charge < -0.3 is 5.32 Å². The van der Waals surface area contributed by atoms with E-state index in [0.717, 1.165) is 22.5 Å². The summed E-state index contributed by atoms with van der Waals surface area (Å²) in [5.74, 6) is -0.148. The second-order valence-corrected chi connectivity index (χ2v) is 8.68. The van der Waals surface area contributed by atoms with Gasteiger partial charge in [-0.2, -0.15) is 10.2 Å². The largest absolute Gasteiger partial charge is 0.304 e. The smallest absolute Gasteiger partial charge is 0.256 e. The van der Waals surface area contributed by atoms with E-state index in [0.29, 0.717) is 34.0 Å². The van der Waals surface area contributed by atoms with Crippen molar-refractivity contribution in [3.05, 3.63) is 98.1 Å². The molecule has 0 aliphatic heterocycles. The number of hydrogen-bond donors (Lipinski definition) is 1. The quantitative estimate of drug-likeness (QED) is 0.363. The Morgan fingerprint density at radius 2 is 1.84 bits per heavy atom. The predicted octanol–water partition coefficient (Wildman–Crippen LogP) is 5.60. The number of benzene rings is 2. The predicted molar refractivity (Wildman–Crippen MR) is 126 cm³/mol. The van der Waals surface area contributed by atoms with Gasteiger partial charge in [-0.05, 0) is 65.2 Å². The van der Waals surface area contributed by atoms with E-state index in [4.69, 9.17) is 11.6 Å². The van der Waals surface area contributed by atoms with Gasteiger partial charge in [0.15, 0.2) is 5.82 Å². The van der Waals surface area contributed by atoms with Gasteiger partial charge in [0.25, 0.3) is 5.91 Å². The molecule has 2 aromatic carbocycles. The van der Waals surface area contributed by atoms with Crippen molar-refractivity contribution in [2.45, 2.75) is 26.9 Å². The van der Waals surface area contributed by atoms with Crippen molar-refractivity contribution in [1.82, 2.24) is 19.6 Å². The third-order valence-electron chi connectivity index (χ3n) is 5.02. The van der Waals surface area contributed by atoms with Crippen LogP contribution in [0.1, 0.15) is 32.9 Å². The fraction of sp³-hybridized carbons (Fsp3) is 0.174. The van der Waals surface area contributed by atoms with Crippen LogP contribution in [0.3, 0.4) is 0 Å². The summed E-state index contributed by atoms with van der Waals surface area (Å²) in [6, 6.07) is 13.6. The lowest BCUT2D eigenvalue weighted by Gasteiger charge is -2.08. The van der Waals surface area contributed by atoms with Crippen molar-refractivity contribution in [3.63, 3.8) is 0 Å². The Morgan fingerprint density at radius 1 is 1.09 bits per heavy atom. The Kier molecular flexibility index (Phi) is 6.43. The molecule has 0 spiro atoms. The van der Waals surface area contributed by atoms with Crippen LogP contribution in [-0.4, -0.2) is 25.5 Å². The van der Waals surface area contributed by atoms with Crippen LogP contribution in [0, 0.1) is 19.7 Å². The number of aromatic nitrogens is 4. The molecule has 1 N–H and O–H groups in total. The SMILES string of the molecule is Cc1nn(Cc2cccc(C(=O)Nc3nn(Cc4ccc(F)cc4)cc3Br)c2)c(C)c1Cl. The molecule has 2 aromatic heterocycles. The zero-order chi connectivity index (χ0) is 22.8. The Morgan fingerprint density at radius 3 is 2.53 bits per heavy atom. The van der Waals surface area contributed by atoms with E-state index >= 15 is 0 Å². The summed E-state index contributed by atoms with van der Waals surface area (Å²) < 4.78 is 17.3. The Balaban J connectivity index is 1.47. The molecule has 0 aliphatic carbocycles. The number of anilines is 1. The van der Waals surface area contributed by atoms with Crippen LogP contribution in [0.2, 0.25) is 5.02 Å². The molecule has 164 valence electrons. The highest BCUT2D eigenvalue weighted by Crippen LogP contribution is 2.23. The van der Waals surface area contributed by atoms with Crippen LogP contribution in [0.15, 0.2) is 59.2 Å². The number of halogens is 3. The second kappa shape index (κ2) is 9.26. The maximum atomic E-state index is 13.1. The van der Waals surface area contributed by atoms with Crippen molar-refractivity contribution in [2.24, 2.45) is 0 Å². The fourth-order valence-corrected chi connectivity index (χ4v) is 3.88. The highest BCUT2D eigenvalue weighted by atomic mass is 79.9. The van der Waals surface area contributed by atoms with E-state index in [1.165, 1.54) is 12.1 Å². The number of carbonyl (C=O) groups excluding carboxylic acids is 1. The molecular weight excluding hydrogens is 497 g/mol. The van der Waals surface area contributed by atoms with Gasteiger partial charge in [-0.1, -0.05) is 35.9 Å². The number of amides is 1. The molecule has 0 saturated carbocycles. The van der Waals surface area contributed by atoms with E-state index < -0.39 is 0 Å². The summed E-state index contributed by atoms with van der Waals surface area (Å²) in [6.07, 6.45) is 1.77. The first-order valence-corrected chi connectivity index (χ1v) is 11.0. The van der Waals surface area contributed by atoms with Gasteiger partial charge in [-0.25, -0.2) is 4.39 Å². The highest BCUT2D eigenvalue weighted by molar-refractivity contribution is 9.10. The highest BCUT2D eigenvalue weighted by Gasteiger charge is 2.14. The minimum Gasteiger partial charge on any atom is -0.304 e. The van der Waals surface area contributed by atoms with E-state index in [-0.39, 0.29) is 11.7 Å². The van der Waals surface area contributed by atoms with Crippen molar-refractivity contribution in [3.8, 4) is 0 Å². The van der Waals surface area contributed by atoms with E-state index in [2.05, 4.69) is 31.4 Å². The molecule has 0 fully saturated rings. The van der Waals surface area contributed by atoms with Gasteiger partial charge in [0.05, 0.1) is 34.0 Å². The number of nitrogens with one attached hydrogen (secondary N) is 1. The molecule has 4 rings (SSSR count). The lowest BCUT2D eigenvalue weighted by molar-refractivity contribution is 0.102. The Bertz CT molecular complexity index is 1280. The molecule has 0 aliphatic rings. The fourth-order valence-electron chi connectivity index (χ4n) is 3.33. The van der Waals surface area contributed by atoms with Gasteiger partial charge in [-0.3, -0.25) is 14.2 Å². The minimum atomic E-state index is -0.286. The lowest BCUT2D eigenvalue weighted by atomic mass is 10.1. The first-order valence-electron chi connectivity index (χ1n) is 9.87. The molecule has 32 heavy (non-hydrogen) atoms. The van der Waals surface area contributed by atoms with Crippen molar-refractivity contribution >= 4 is 39.3 Å². The number of carbonyl (C=O) groups is 1. The number of hydrogen-bond acceptors (Lipinski definition) is 3. The molecule has 0 radical (unpaired) electrons. The lowest BCUT2D eigenvalue weighted by Crippen LogP contribution is -2.14. The van der Waals surface area contributed by atoms with Gasteiger partial charge in [0.2, 0.25) is 0 Å². The minimum absolute atomic E-state index is 0.272. The van der Waals surface area contributed by atoms with Crippen LogP contribution in [-0.2, 0) is 13.1 Å². The molecule has 9 heteroatoms. The second-order valence-electron chi connectivity index (χ2n) is 7.45. The van der Waals surface area contributed by atoms with Gasteiger partial charge >= 0.3 is 0 Å². The summed E-state index contributed by atoms with van der Waals surface area (Å²) in [4.78, 5) is 12.8. The molecule has 2 heterocycles. The van der Waals surface area contributed by atoms with Crippen LogP contribution >= 0.6 is 27.5 Å². The zero-order valence-electron chi connectivity index (χ0n) is 17.4. The topological polar surface area (TPSA) is 64.7 Å². The van der Waals surface area contributed by atoms with E-state index in [1.807, 2.05) is 36.7 Å². The van der Waals surface area contributed by atoms with Gasteiger partial charge in [0.1, 0.15) is 5.82 Å². The molecule has 0 saturated heterocycles. The summed E-state index contributed by atoms with van der Waals surface area (Å²) in [5.41, 5.74) is 4.00. The van der Waals surface area contributed by atoms with Crippen molar-refractivity contribution in [1.29, 1.82) is 0 Å². The molecule has 6 nitrogen and oxygen atoms in total. The van der Waals surface area contributed by atoms with Gasteiger partial charge in [0, 0.05) is 11.8 Å². The van der Waals surface area contributed by atoms with Crippen LogP contribution in [0.4, 0.5) is 10.2 Å². The number of aryl methyl sites for hydroxylation is 1. The van der Waals surface area contributed by atoms with Crippen LogP contribution in [0.25, 0.3) is 0 Å². The third-order valence-corrected chi connectivity index (χ3v) is 6.15. The molecule has 0 unspecified atom stereocenters. The average molecular weight is 517 g/mol. The van der Waals surface area contributed by atoms with Crippen LogP contribution in [0.5, 0.6) is 0 Å². The molecule has 0 bridgehead atoms. The third kappa shape index (κ3) is 4.92. The summed E-state index contributed by atoms with van der Waals surface area (Å²) >= 11 is 9.67. The standard InChI is InChI=1S/C23H20BrClFN5O/c1-14-21(25)15(2)31(28-14)12-17-4-3-5-18(10-17)23(32)27-22-20(24)13-30(29-22)11-16-6-8-19(26)9-7-16/h3-10,13H,11-12H2,1-2H3,(H,27,29,32). The first kappa shape index (κ1) is 22.2. The normalized spacial score (nSPS) is 11.0. The zero-order valence-corrected chi connectivity index (χ0v) is 19.8. The van der Waals surface area contributed by atoms with Crippen molar-refractivity contribution < 1.29 is 9.18 Å². The number of rotatable bonds is 6. The molecular formula is C23H20BrClFN5O. The molecule has 4 aromatic rings. The van der Waals surface area contributed by atoms with Crippen LogP contribution < -0.4 is 5.32 Å². The molecule has 0 atom stereocenters. The monoisotopic (exact) mass is 515 g/mol. The Hall–Kier alpha value is -2.97. The van der Waals surface area contributed by atoms with Crippen molar-refractivity contribution in [2.75, 3.05) is 5.32 Å². The van der Waals surface area contributed by atoms with E-state index in [1.54, 1.807) is 29.1 Å². The first-order chi connectivity index (χ1) is 15.3. The Labute approximate surface area is 198 Å². The maximum Gasteiger partial charge on any atom is 0.256 e. The number of nitrogens with zero attached hydrogens (tertiary/aromatic N) is 4. The summed E-state index contributed by atoms with van der Waals surface area (Å²) in [6.45, 7) is 4.74. The van der Waals surface area contributed by atoms with Gasteiger partial charge in [-0.15, -0.1) is 0 Å². The summed E-state index contributed by atoms with van der Waals surface area (Å²) in [5, 5.41) is 12.4. The average Bonchev–Trinajstić information content (AvgIpc) is 3.23. The van der Waals surface area contributed by atoms with E-state index in [9.17, 15) is 9.18 Å².